The number of aromatic carboxylic acids is 2. The predicted molar refractivity (Wildman–Crippen MR) is 81.0 cm³/mol. The van der Waals surface area contributed by atoms with E-state index in [1.54, 1.807) is 0 Å². The molecule has 8 heteroatoms. The lowest BCUT2D eigenvalue weighted by Crippen LogP contribution is -1.95. The highest BCUT2D eigenvalue weighted by Crippen LogP contribution is 2.31. The fraction of sp³-hybridized carbons (Fsp3) is 0. The van der Waals surface area contributed by atoms with Gasteiger partial charge < -0.3 is 10.2 Å². The third-order valence-corrected chi connectivity index (χ3v) is 3.26. The fourth-order valence-electron chi connectivity index (χ4n) is 1.55. The van der Waals surface area contributed by atoms with E-state index in [0.717, 1.165) is 0 Å². The number of azo groups is 1. The SMILES string of the molecule is O=C(O)c1ccc(N=Nc2ccc(C(=O)O)cc2Cl)c(Cl)c1. The lowest BCUT2D eigenvalue weighted by Gasteiger charge is -2.01. The van der Waals surface area contributed by atoms with Crippen LogP contribution in [0, 0.1) is 0 Å². The Labute approximate surface area is 134 Å². The van der Waals surface area contributed by atoms with Gasteiger partial charge in [-0.05, 0) is 36.4 Å². The summed E-state index contributed by atoms with van der Waals surface area (Å²) in [7, 11) is 0. The molecule has 0 amide bonds. The Morgan fingerprint density at radius 1 is 0.773 bits per heavy atom. The van der Waals surface area contributed by atoms with E-state index in [0.29, 0.717) is 0 Å². The predicted octanol–water partition coefficient (Wildman–Crippen LogP) is 4.81. The van der Waals surface area contributed by atoms with Gasteiger partial charge in [-0.1, -0.05) is 23.2 Å². The molecule has 0 radical (unpaired) electrons. The minimum Gasteiger partial charge on any atom is -0.478 e. The number of rotatable bonds is 4. The summed E-state index contributed by atoms with van der Waals surface area (Å²) >= 11 is 11.8. The van der Waals surface area contributed by atoms with Crippen molar-refractivity contribution in [1.29, 1.82) is 0 Å². The van der Waals surface area contributed by atoms with E-state index in [1.807, 2.05) is 0 Å². The summed E-state index contributed by atoms with van der Waals surface area (Å²) in [6.07, 6.45) is 0. The molecule has 0 heterocycles. The van der Waals surface area contributed by atoms with Crippen LogP contribution >= 0.6 is 23.2 Å². The zero-order valence-corrected chi connectivity index (χ0v) is 12.3. The first-order valence-electron chi connectivity index (χ1n) is 5.86. The lowest BCUT2D eigenvalue weighted by atomic mass is 10.2. The molecule has 0 bridgehead atoms. The highest BCUT2D eigenvalue weighted by Gasteiger charge is 2.08. The molecule has 0 aromatic heterocycles. The van der Waals surface area contributed by atoms with E-state index >= 15 is 0 Å². The van der Waals surface area contributed by atoms with Gasteiger partial charge in [-0.15, -0.1) is 10.2 Å². The smallest absolute Gasteiger partial charge is 0.335 e. The third kappa shape index (κ3) is 3.60. The van der Waals surface area contributed by atoms with E-state index in [1.165, 1.54) is 36.4 Å². The first-order chi connectivity index (χ1) is 10.4. The van der Waals surface area contributed by atoms with Gasteiger partial charge in [0.1, 0.15) is 11.4 Å². The van der Waals surface area contributed by atoms with Crippen LogP contribution in [0.25, 0.3) is 0 Å². The van der Waals surface area contributed by atoms with Gasteiger partial charge in [0.2, 0.25) is 0 Å². The Morgan fingerprint density at radius 3 is 1.41 bits per heavy atom. The topological polar surface area (TPSA) is 99.3 Å². The Kier molecular flexibility index (Phi) is 4.75. The normalized spacial score (nSPS) is 10.8. The van der Waals surface area contributed by atoms with E-state index in [-0.39, 0.29) is 32.5 Å². The number of hydrogen-bond acceptors (Lipinski definition) is 4. The molecule has 22 heavy (non-hydrogen) atoms. The van der Waals surface area contributed by atoms with E-state index < -0.39 is 11.9 Å². The molecule has 0 saturated carbocycles. The number of carboxylic acid groups (broad SMARTS) is 2. The summed E-state index contributed by atoms with van der Waals surface area (Å²) in [6.45, 7) is 0. The Balaban J connectivity index is 2.29. The highest BCUT2D eigenvalue weighted by atomic mass is 35.5. The maximum Gasteiger partial charge on any atom is 0.335 e. The number of carboxylic acids is 2. The summed E-state index contributed by atoms with van der Waals surface area (Å²) in [4.78, 5) is 21.6. The second-order valence-corrected chi connectivity index (χ2v) is 4.96. The van der Waals surface area contributed by atoms with Crippen LogP contribution in [0.5, 0.6) is 0 Å². The molecule has 0 aliphatic carbocycles. The molecule has 2 aromatic carbocycles. The van der Waals surface area contributed by atoms with Crippen LogP contribution in [0.3, 0.4) is 0 Å². The number of carbonyl (C=O) groups is 2. The van der Waals surface area contributed by atoms with Crippen LogP contribution in [0.1, 0.15) is 20.7 Å². The molecule has 0 aliphatic rings. The van der Waals surface area contributed by atoms with Crippen LogP contribution in [0.4, 0.5) is 11.4 Å². The number of halogens is 2. The van der Waals surface area contributed by atoms with Crippen molar-refractivity contribution in [3.8, 4) is 0 Å². The summed E-state index contributed by atoms with van der Waals surface area (Å²) in [5.41, 5.74) is 0.607. The summed E-state index contributed by atoms with van der Waals surface area (Å²) < 4.78 is 0. The quantitative estimate of drug-likeness (QED) is 0.781. The number of nitrogens with zero attached hydrogens (tertiary/aromatic N) is 2. The average molecular weight is 339 g/mol. The van der Waals surface area contributed by atoms with E-state index in [4.69, 9.17) is 33.4 Å². The van der Waals surface area contributed by atoms with Crippen LogP contribution in [0.2, 0.25) is 10.0 Å². The molecule has 0 unspecified atom stereocenters. The molecular formula is C14H8Cl2N2O4. The van der Waals surface area contributed by atoms with E-state index in [9.17, 15) is 9.59 Å². The Morgan fingerprint density at radius 2 is 1.14 bits per heavy atom. The third-order valence-electron chi connectivity index (χ3n) is 2.65. The van der Waals surface area contributed by atoms with Gasteiger partial charge in [0.25, 0.3) is 0 Å². The van der Waals surface area contributed by atoms with Gasteiger partial charge in [0, 0.05) is 0 Å². The molecule has 2 rings (SSSR count). The van der Waals surface area contributed by atoms with Crippen LogP contribution in [0.15, 0.2) is 46.6 Å². The first-order valence-corrected chi connectivity index (χ1v) is 6.61. The molecule has 6 nitrogen and oxygen atoms in total. The van der Waals surface area contributed by atoms with Gasteiger partial charge in [0.15, 0.2) is 0 Å². The van der Waals surface area contributed by atoms with Crippen molar-refractivity contribution < 1.29 is 19.8 Å². The molecular weight excluding hydrogens is 331 g/mol. The van der Waals surface area contributed by atoms with Crippen molar-refractivity contribution in [2.24, 2.45) is 10.2 Å². The molecule has 0 fully saturated rings. The summed E-state index contributed by atoms with van der Waals surface area (Å²) in [6, 6.07) is 8.03. The van der Waals surface area contributed by atoms with E-state index in [2.05, 4.69) is 10.2 Å². The lowest BCUT2D eigenvalue weighted by molar-refractivity contribution is 0.0686. The maximum atomic E-state index is 10.8. The van der Waals surface area contributed by atoms with Crippen molar-refractivity contribution in [2.45, 2.75) is 0 Å². The van der Waals surface area contributed by atoms with Gasteiger partial charge in [-0.3, -0.25) is 0 Å². The van der Waals surface area contributed by atoms with Crippen LogP contribution in [-0.2, 0) is 0 Å². The van der Waals surface area contributed by atoms with Crippen molar-refractivity contribution in [2.75, 3.05) is 0 Å². The number of benzene rings is 2. The summed E-state index contributed by atoms with van der Waals surface area (Å²) in [5.74, 6) is -2.20. The van der Waals surface area contributed by atoms with Gasteiger partial charge in [-0.2, -0.15) is 0 Å². The van der Waals surface area contributed by atoms with Crippen molar-refractivity contribution in [3.05, 3.63) is 57.6 Å². The molecule has 2 N–H and O–H groups in total. The monoisotopic (exact) mass is 338 g/mol. The average Bonchev–Trinajstić information content (AvgIpc) is 2.46. The molecule has 0 saturated heterocycles. The highest BCUT2D eigenvalue weighted by molar-refractivity contribution is 6.33. The largest absolute Gasteiger partial charge is 0.478 e. The molecule has 2 aromatic rings. The number of hydrogen-bond donors (Lipinski definition) is 2. The van der Waals surface area contributed by atoms with Crippen molar-refractivity contribution in [1.82, 2.24) is 0 Å². The van der Waals surface area contributed by atoms with Crippen LogP contribution < -0.4 is 0 Å². The second kappa shape index (κ2) is 6.55. The zero-order valence-electron chi connectivity index (χ0n) is 10.8. The summed E-state index contributed by atoms with van der Waals surface area (Å²) in [5, 5.41) is 25.7. The zero-order chi connectivity index (χ0) is 16.3. The van der Waals surface area contributed by atoms with Crippen molar-refractivity contribution >= 4 is 46.5 Å². The minimum absolute atomic E-state index is 0.0350. The van der Waals surface area contributed by atoms with Gasteiger partial charge in [-0.25, -0.2) is 9.59 Å². The Bertz CT molecular complexity index is 725. The molecule has 0 spiro atoms. The van der Waals surface area contributed by atoms with Gasteiger partial charge >= 0.3 is 11.9 Å². The van der Waals surface area contributed by atoms with Crippen LogP contribution in [-0.4, -0.2) is 22.2 Å². The molecule has 0 atom stereocenters. The minimum atomic E-state index is -1.10. The standard InChI is InChI=1S/C14H8Cl2N2O4/c15-9-5-7(13(19)20)1-3-11(9)17-18-12-4-2-8(14(21)22)6-10(12)16/h1-6H,(H,19,20)(H,21,22). The van der Waals surface area contributed by atoms with Gasteiger partial charge in [0.05, 0.1) is 21.2 Å². The molecule has 0 aliphatic heterocycles. The molecule has 112 valence electrons. The maximum absolute atomic E-state index is 10.8. The first kappa shape index (κ1) is 15.9. The fourth-order valence-corrected chi connectivity index (χ4v) is 1.99. The second-order valence-electron chi connectivity index (χ2n) is 4.14. The Hall–Kier alpha value is -2.44. The van der Waals surface area contributed by atoms with Crippen molar-refractivity contribution in [3.63, 3.8) is 0 Å².